The van der Waals surface area contributed by atoms with Crippen molar-refractivity contribution >= 4 is 27.3 Å². The molecule has 3 N–H and O–H groups in total. The molecule has 3 aromatic carbocycles. The van der Waals surface area contributed by atoms with Gasteiger partial charge in [-0.15, -0.1) is 0 Å². The van der Waals surface area contributed by atoms with Gasteiger partial charge in [-0.05, 0) is 73.5 Å². The second-order valence-corrected chi connectivity index (χ2v) is 8.08. The first kappa shape index (κ1) is 19.4. The molecule has 3 rings (SSSR count). The molecule has 1 amide bonds. The van der Waals surface area contributed by atoms with E-state index in [1.165, 1.54) is 30.3 Å². The molecule has 0 saturated heterocycles. The molecule has 0 bridgehead atoms. The maximum atomic E-state index is 12.5. The lowest BCUT2D eigenvalue weighted by molar-refractivity contribution is 0.102. The molecule has 0 heterocycles. The standard InChI is InChI=1S/C21H20N2O4S/c1-14-7-12-18(13-15(14)2)28(26,27)23-17-10-8-16(9-11-17)21(25)22-19-5-3-4-6-20(19)24/h3-13,23-24H,1-2H3,(H,22,25). The molecule has 0 unspecified atom stereocenters. The van der Waals surface area contributed by atoms with Crippen LogP contribution < -0.4 is 10.0 Å². The topological polar surface area (TPSA) is 95.5 Å². The van der Waals surface area contributed by atoms with Crippen molar-refractivity contribution in [1.29, 1.82) is 0 Å². The number of anilines is 2. The van der Waals surface area contributed by atoms with Crippen LogP contribution in [0.3, 0.4) is 0 Å². The van der Waals surface area contributed by atoms with Crippen molar-refractivity contribution in [2.75, 3.05) is 10.0 Å². The van der Waals surface area contributed by atoms with Crippen LogP contribution >= 0.6 is 0 Å². The molecule has 0 fully saturated rings. The predicted octanol–water partition coefficient (Wildman–Crippen LogP) is 4.06. The van der Waals surface area contributed by atoms with E-state index in [2.05, 4.69) is 10.0 Å². The van der Waals surface area contributed by atoms with E-state index in [1.54, 1.807) is 36.4 Å². The van der Waals surface area contributed by atoms with Crippen molar-refractivity contribution in [1.82, 2.24) is 0 Å². The Morgan fingerprint density at radius 2 is 1.57 bits per heavy atom. The molecule has 0 aliphatic heterocycles. The smallest absolute Gasteiger partial charge is 0.261 e. The first-order valence-corrected chi connectivity index (χ1v) is 10.0. The fraction of sp³-hybridized carbons (Fsp3) is 0.0952. The maximum Gasteiger partial charge on any atom is 0.261 e. The number of amides is 1. The van der Waals surface area contributed by atoms with Crippen molar-refractivity contribution in [3.8, 4) is 5.75 Å². The zero-order valence-electron chi connectivity index (χ0n) is 15.4. The summed E-state index contributed by atoms with van der Waals surface area (Å²) in [5.74, 6) is -0.446. The molecule has 7 heteroatoms. The third-order valence-electron chi connectivity index (χ3n) is 4.34. The van der Waals surface area contributed by atoms with Gasteiger partial charge < -0.3 is 10.4 Å². The van der Waals surface area contributed by atoms with Crippen LogP contribution in [0.2, 0.25) is 0 Å². The maximum absolute atomic E-state index is 12.5. The number of nitrogens with one attached hydrogen (secondary N) is 2. The van der Waals surface area contributed by atoms with Crippen molar-refractivity contribution in [2.45, 2.75) is 18.7 Å². The summed E-state index contributed by atoms with van der Waals surface area (Å²) in [6, 6.07) is 17.4. The van der Waals surface area contributed by atoms with Crippen LogP contribution in [-0.2, 0) is 10.0 Å². The molecule has 0 atom stereocenters. The predicted molar refractivity (Wildman–Crippen MR) is 109 cm³/mol. The van der Waals surface area contributed by atoms with Crippen molar-refractivity contribution in [3.63, 3.8) is 0 Å². The lowest BCUT2D eigenvalue weighted by Crippen LogP contribution is -2.14. The summed E-state index contributed by atoms with van der Waals surface area (Å²) < 4.78 is 27.6. The molecule has 0 aliphatic rings. The number of benzene rings is 3. The lowest BCUT2D eigenvalue weighted by atomic mass is 10.1. The Hall–Kier alpha value is -3.32. The van der Waals surface area contributed by atoms with Crippen LogP contribution in [-0.4, -0.2) is 19.4 Å². The van der Waals surface area contributed by atoms with E-state index in [0.717, 1.165) is 11.1 Å². The molecule has 3 aromatic rings. The highest BCUT2D eigenvalue weighted by molar-refractivity contribution is 7.92. The molecule has 28 heavy (non-hydrogen) atoms. The molecule has 0 aliphatic carbocycles. The van der Waals surface area contributed by atoms with Gasteiger partial charge in [-0.25, -0.2) is 8.42 Å². The van der Waals surface area contributed by atoms with E-state index in [0.29, 0.717) is 16.9 Å². The first-order valence-electron chi connectivity index (χ1n) is 8.56. The molecule has 0 aromatic heterocycles. The number of rotatable bonds is 5. The zero-order valence-corrected chi connectivity index (χ0v) is 16.2. The largest absolute Gasteiger partial charge is 0.506 e. The highest BCUT2D eigenvalue weighted by atomic mass is 32.2. The van der Waals surface area contributed by atoms with Crippen LogP contribution in [0.5, 0.6) is 5.75 Å². The van der Waals surface area contributed by atoms with Gasteiger partial charge in [0.2, 0.25) is 0 Å². The third-order valence-corrected chi connectivity index (χ3v) is 5.72. The molecule has 0 radical (unpaired) electrons. The summed E-state index contributed by atoms with van der Waals surface area (Å²) in [5, 5.41) is 12.3. The van der Waals surface area contributed by atoms with E-state index >= 15 is 0 Å². The summed E-state index contributed by atoms with van der Waals surface area (Å²) >= 11 is 0. The molecular weight excluding hydrogens is 376 g/mol. The van der Waals surface area contributed by atoms with Crippen molar-refractivity contribution in [3.05, 3.63) is 83.4 Å². The van der Waals surface area contributed by atoms with Gasteiger partial charge in [0, 0.05) is 11.3 Å². The molecule has 0 spiro atoms. The minimum absolute atomic E-state index is 0.0337. The number of sulfonamides is 1. The minimum Gasteiger partial charge on any atom is -0.506 e. The highest BCUT2D eigenvalue weighted by Gasteiger charge is 2.15. The number of carbonyl (C=O) groups excluding carboxylic acids is 1. The van der Waals surface area contributed by atoms with Gasteiger partial charge in [0.1, 0.15) is 5.75 Å². The van der Waals surface area contributed by atoms with Gasteiger partial charge in [-0.1, -0.05) is 18.2 Å². The highest BCUT2D eigenvalue weighted by Crippen LogP contribution is 2.23. The van der Waals surface area contributed by atoms with Crippen molar-refractivity contribution in [2.24, 2.45) is 0 Å². The molecular formula is C21H20N2O4S. The Kier molecular flexibility index (Phi) is 5.37. The van der Waals surface area contributed by atoms with Gasteiger partial charge >= 0.3 is 0 Å². The molecule has 144 valence electrons. The number of phenolic OH excluding ortho intramolecular Hbond substituents is 1. The number of para-hydroxylation sites is 2. The lowest BCUT2D eigenvalue weighted by Gasteiger charge is -2.11. The number of phenols is 1. The van der Waals surface area contributed by atoms with Gasteiger partial charge in [0.05, 0.1) is 10.6 Å². The number of hydrogen-bond acceptors (Lipinski definition) is 4. The van der Waals surface area contributed by atoms with Gasteiger partial charge in [0.25, 0.3) is 15.9 Å². The summed E-state index contributed by atoms with van der Waals surface area (Å²) in [6.07, 6.45) is 0. The number of aromatic hydroxyl groups is 1. The van der Waals surface area contributed by atoms with E-state index < -0.39 is 15.9 Å². The van der Waals surface area contributed by atoms with Crippen LogP contribution in [0, 0.1) is 13.8 Å². The van der Waals surface area contributed by atoms with Crippen LogP contribution in [0.15, 0.2) is 71.6 Å². The number of aryl methyl sites for hydroxylation is 2. The summed E-state index contributed by atoms with van der Waals surface area (Å²) in [6.45, 7) is 3.77. The van der Waals surface area contributed by atoms with Gasteiger partial charge in [-0.2, -0.15) is 0 Å². The van der Waals surface area contributed by atoms with E-state index in [4.69, 9.17) is 0 Å². The number of hydrogen-bond donors (Lipinski definition) is 3. The second-order valence-electron chi connectivity index (χ2n) is 6.40. The van der Waals surface area contributed by atoms with Gasteiger partial charge in [0.15, 0.2) is 0 Å². The first-order chi connectivity index (χ1) is 13.3. The minimum atomic E-state index is -3.72. The number of carbonyl (C=O) groups is 1. The average molecular weight is 396 g/mol. The fourth-order valence-corrected chi connectivity index (χ4v) is 3.70. The molecule has 6 nitrogen and oxygen atoms in total. The summed E-state index contributed by atoms with van der Waals surface area (Å²) in [5.41, 5.74) is 2.87. The SMILES string of the molecule is Cc1ccc(S(=O)(=O)Nc2ccc(C(=O)Nc3ccccc3O)cc2)cc1C. The quantitative estimate of drug-likeness (QED) is 0.567. The van der Waals surface area contributed by atoms with E-state index in [9.17, 15) is 18.3 Å². The van der Waals surface area contributed by atoms with Crippen LogP contribution in [0.25, 0.3) is 0 Å². The van der Waals surface area contributed by atoms with Crippen LogP contribution in [0.4, 0.5) is 11.4 Å². The average Bonchev–Trinajstić information content (AvgIpc) is 2.66. The Labute approximate surface area is 163 Å². The monoisotopic (exact) mass is 396 g/mol. The van der Waals surface area contributed by atoms with E-state index in [-0.39, 0.29) is 10.6 Å². The van der Waals surface area contributed by atoms with Crippen LogP contribution in [0.1, 0.15) is 21.5 Å². The Bertz CT molecular complexity index is 1120. The van der Waals surface area contributed by atoms with E-state index in [1.807, 2.05) is 13.8 Å². The van der Waals surface area contributed by atoms with Gasteiger partial charge in [-0.3, -0.25) is 9.52 Å². The van der Waals surface area contributed by atoms with Crippen molar-refractivity contribution < 1.29 is 18.3 Å². The summed E-state index contributed by atoms with van der Waals surface area (Å²) in [7, 11) is -3.72. The summed E-state index contributed by atoms with van der Waals surface area (Å²) in [4.78, 5) is 12.5. The Morgan fingerprint density at radius 3 is 2.21 bits per heavy atom. The Balaban J connectivity index is 1.74. The zero-order chi connectivity index (χ0) is 20.3. The fourth-order valence-electron chi connectivity index (χ4n) is 2.56. The normalized spacial score (nSPS) is 11.1. The second kappa shape index (κ2) is 7.74. The molecule has 0 saturated carbocycles. The Morgan fingerprint density at radius 1 is 0.893 bits per heavy atom. The third kappa shape index (κ3) is 4.32.